The lowest BCUT2D eigenvalue weighted by atomic mass is 9.80. The van der Waals surface area contributed by atoms with Crippen LogP contribution >= 0.6 is 0 Å². The number of allylic oxidation sites excluding steroid dienone is 2. The summed E-state index contributed by atoms with van der Waals surface area (Å²) in [6.45, 7) is 1.50. The Bertz CT molecular complexity index is 723. The molecule has 0 saturated heterocycles. The van der Waals surface area contributed by atoms with Gasteiger partial charge in [-0.2, -0.15) is 0 Å². The van der Waals surface area contributed by atoms with E-state index in [1.54, 1.807) is 21.3 Å². The Morgan fingerprint density at radius 3 is 2.31 bits per heavy atom. The van der Waals surface area contributed by atoms with Crippen molar-refractivity contribution in [1.82, 2.24) is 4.98 Å². The van der Waals surface area contributed by atoms with Crippen molar-refractivity contribution in [3.63, 3.8) is 0 Å². The van der Waals surface area contributed by atoms with E-state index < -0.39 is 26.2 Å². The van der Waals surface area contributed by atoms with Crippen molar-refractivity contribution in [1.29, 1.82) is 0 Å². The molecule has 9 heteroatoms. The van der Waals surface area contributed by atoms with Crippen LogP contribution in [0.1, 0.15) is 25.5 Å². The molecule has 0 aromatic carbocycles. The lowest BCUT2D eigenvalue weighted by Gasteiger charge is -2.24. The number of pyridine rings is 1. The number of carbonyl (C=O) groups is 2. The van der Waals surface area contributed by atoms with E-state index in [9.17, 15) is 9.59 Å². The maximum atomic E-state index is 10.8. The van der Waals surface area contributed by atoms with Crippen LogP contribution in [-0.4, -0.2) is 57.3 Å². The molecule has 1 aromatic rings. The predicted molar refractivity (Wildman–Crippen MR) is 109 cm³/mol. The largest absolute Gasteiger partial charge is 0.500 e. The van der Waals surface area contributed by atoms with Crippen molar-refractivity contribution in [2.75, 3.05) is 21.3 Å². The normalized spacial score (nSPS) is 18.4. The second kappa shape index (κ2) is 11.6. The smallest absolute Gasteiger partial charge is 0.481 e. The number of carboxylic acid groups (broad SMARTS) is 2. The minimum Gasteiger partial charge on any atom is -0.481 e. The summed E-state index contributed by atoms with van der Waals surface area (Å²) in [6.07, 6.45) is 8.12. The van der Waals surface area contributed by atoms with Gasteiger partial charge in [0.2, 0.25) is 0 Å². The second-order valence-electron chi connectivity index (χ2n) is 6.73. The Kier molecular flexibility index (Phi) is 9.90. The van der Waals surface area contributed by atoms with Crippen molar-refractivity contribution in [3.05, 3.63) is 53.9 Å². The first-order valence-corrected chi connectivity index (χ1v) is 11.1. The van der Waals surface area contributed by atoms with Gasteiger partial charge in [-0.15, -0.1) is 0 Å². The summed E-state index contributed by atoms with van der Waals surface area (Å²) < 4.78 is 16.0. The average Bonchev–Trinajstić information content (AvgIpc) is 2.73. The number of aromatic nitrogens is 1. The van der Waals surface area contributed by atoms with Gasteiger partial charge in [-0.05, 0) is 38.3 Å². The Balaban J connectivity index is 0.000000296. The van der Waals surface area contributed by atoms with Gasteiger partial charge in [0, 0.05) is 44.8 Å². The molecular weight excluding hydrogens is 394 g/mol. The maximum absolute atomic E-state index is 10.8. The zero-order valence-electron chi connectivity index (χ0n) is 17.3. The Labute approximate surface area is 172 Å². The number of hydrogen-bond acceptors (Lipinski definition) is 6. The van der Waals surface area contributed by atoms with Crippen molar-refractivity contribution in [2.24, 2.45) is 5.41 Å². The first kappa shape index (κ1) is 24.7. The summed E-state index contributed by atoms with van der Waals surface area (Å²) in [5, 5.41) is 17.5. The molecule has 160 valence electrons. The highest BCUT2D eigenvalue weighted by atomic mass is 28.4. The fourth-order valence-corrected chi connectivity index (χ4v) is 4.49. The number of hydrogen-bond donors (Lipinski definition) is 2. The van der Waals surface area contributed by atoms with Crippen LogP contribution in [0.25, 0.3) is 0 Å². The molecule has 0 spiro atoms. The summed E-state index contributed by atoms with van der Waals surface area (Å²) in [6, 6.07) is 6.75. The monoisotopic (exact) mass is 423 g/mol. The summed E-state index contributed by atoms with van der Waals surface area (Å²) in [7, 11) is 2.52. The van der Waals surface area contributed by atoms with Crippen molar-refractivity contribution in [3.8, 4) is 0 Å². The third-order valence-corrected chi connectivity index (χ3v) is 7.49. The topological polar surface area (TPSA) is 115 Å². The van der Waals surface area contributed by atoms with Crippen LogP contribution in [-0.2, 0) is 29.3 Å². The van der Waals surface area contributed by atoms with Crippen LogP contribution < -0.4 is 0 Å². The van der Waals surface area contributed by atoms with Gasteiger partial charge in [-0.25, -0.2) is 4.79 Å². The number of aryl methyl sites for hydroxylation is 1. The fourth-order valence-electron chi connectivity index (χ4n) is 2.77. The van der Waals surface area contributed by atoms with Gasteiger partial charge in [-0.1, -0.05) is 24.3 Å². The molecule has 8 nitrogen and oxygen atoms in total. The molecule has 1 heterocycles. The van der Waals surface area contributed by atoms with Gasteiger partial charge in [0.1, 0.15) is 0 Å². The molecule has 1 unspecified atom stereocenters. The highest BCUT2D eigenvalue weighted by molar-refractivity contribution is 6.60. The molecule has 0 fully saturated rings. The molecule has 0 amide bonds. The second-order valence-corrected chi connectivity index (χ2v) is 9.82. The van der Waals surface area contributed by atoms with E-state index in [-0.39, 0.29) is 12.0 Å². The van der Waals surface area contributed by atoms with E-state index in [4.69, 9.17) is 23.5 Å². The molecule has 2 rings (SSSR count). The van der Waals surface area contributed by atoms with Crippen molar-refractivity contribution < 1.29 is 33.1 Å². The third-order valence-electron chi connectivity index (χ3n) is 4.66. The first-order chi connectivity index (χ1) is 13.7. The average molecular weight is 424 g/mol. The fraction of sp³-hybridized carbons (Fsp3) is 0.450. The lowest BCUT2D eigenvalue weighted by Crippen LogP contribution is -2.42. The van der Waals surface area contributed by atoms with Crippen molar-refractivity contribution in [2.45, 2.75) is 32.2 Å². The van der Waals surface area contributed by atoms with Crippen LogP contribution in [0.5, 0.6) is 0 Å². The Morgan fingerprint density at radius 2 is 1.83 bits per heavy atom. The minimum absolute atomic E-state index is 0.0359. The number of rotatable bonds is 9. The van der Waals surface area contributed by atoms with E-state index in [0.717, 1.165) is 24.6 Å². The molecule has 0 saturated carbocycles. The summed E-state index contributed by atoms with van der Waals surface area (Å²) in [4.78, 5) is 25.6. The van der Waals surface area contributed by atoms with Gasteiger partial charge in [0.25, 0.3) is 0 Å². The lowest BCUT2D eigenvalue weighted by molar-refractivity contribution is -0.145. The van der Waals surface area contributed by atoms with Gasteiger partial charge < -0.3 is 23.5 Å². The number of carboxylic acids is 2. The van der Waals surface area contributed by atoms with Gasteiger partial charge in [0.05, 0.1) is 5.41 Å². The Hall–Kier alpha value is -2.33. The van der Waals surface area contributed by atoms with E-state index in [2.05, 4.69) is 4.98 Å². The van der Waals surface area contributed by atoms with Crippen LogP contribution in [0.15, 0.2) is 48.2 Å². The quantitative estimate of drug-likeness (QED) is 0.583. The standard InChI is InChI=1S/C11H19NO3Si.C9H10O4/c1-13-16(14-2,15-3)10-6-8-11-7-4-5-9-12-11;1-9(8(12)13)4-2-3-6(5-9)7(10)11/h4-5,7,9H,6,8,10H2,1-3H3;2-4H,5H2,1H3,(H,10,11)(H,12,13). The molecular formula is C20H29NO7Si. The molecule has 1 aliphatic rings. The summed E-state index contributed by atoms with van der Waals surface area (Å²) in [5.41, 5.74) is 0.142. The third kappa shape index (κ3) is 7.54. The molecule has 2 N–H and O–H groups in total. The number of aliphatic carboxylic acids is 2. The molecule has 0 bridgehead atoms. The van der Waals surface area contributed by atoms with E-state index in [1.807, 2.05) is 24.4 Å². The van der Waals surface area contributed by atoms with Gasteiger partial charge >= 0.3 is 20.7 Å². The van der Waals surface area contributed by atoms with Gasteiger partial charge in [-0.3, -0.25) is 9.78 Å². The molecule has 1 aliphatic carbocycles. The minimum atomic E-state index is -2.40. The van der Waals surface area contributed by atoms with Crippen molar-refractivity contribution >= 4 is 20.7 Å². The summed E-state index contributed by atoms with van der Waals surface area (Å²) >= 11 is 0. The van der Waals surface area contributed by atoms with Gasteiger partial charge in [0.15, 0.2) is 0 Å². The number of nitrogens with zero attached hydrogens (tertiary/aromatic N) is 1. The highest BCUT2D eigenvalue weighted by Crippen LogP contribution is 2.31. The van der Waals surface area contributed by atoms with E-state index >= 15 is 0 Å². The van der Waals surface area contributed by atoms with E-state index in [0.29, 0.717) is 0 Å². The zero-order valence-corrected chi connectivity index (χ0v) is 18.3. The molecule has 0 aliphatic heterocycles. The Morgan fingerprint density at radius 1 is 1.17 bits per heavy atom. The highest BCUT2D eigenvalue weighted by Gasteiger charge is 2.37. The predicted octanol–water partition coefficient (Wildman–Crippen LogP) is 2.94. The van der Waals surface area contributed by atoms with Crippen LogP contribution in [0.3, 0.4) is 0 Å². The first-order valence-electron chi connectivity index (χ1n) is 9.12. The molecule has 29 heavy (non-hydrogen) atoms. The summed E-state index contributed by atoms with van der Waals surface area (Å²) in [5.74, 6) is -2.06. The molecule has 1 aromatic heterocycles. The SMILES string of the molecule is CC1(C(=O)O)C=CC=C(C(=O)O)C1.CO[Si](CCCc1ccccn1)(OC)OC. The molecule has 0 radical (unpaired) electrons. The maximum Gasteiger partial charge on any atom is 0.500 e. The molecule has 1 atom stereocenters. The zero-order chi connectivity index (χ0) is 21.9. The van der Waals surface area contributed by atoms with Crippen LogP contribution in [0.4, 0.5) is 0 Å². The van der Waals surface area contributed by atoms with E-state index in [1.165, 1.54) is 25.2 Å². The van der Waals surface area contributed by atoms with Crippen LogP contribution in [0, 0.1) is 5.41 Å². The van der Waals surface area contributed by atoms with Crippen LogP contribution in [0.2, 0.25) is 6.04 Å².